The summed E-state index contributed by atoms with van der Waals surface area (Å²) in [7, 11) is 0. The van der Waals surface area contributed by atoms with Crippen molar-refractivity contribution in [3.63, 3.8) is 0 Å². The summed E-state index contributed by atoms with van der Waals surface area (Å²) in [6, 6.07) is 16.8. The molecule has 3 atom stereocenters. The van der Waals surface area contributed by atoms with Crippen molar-refractivity contribution in [3.05, 3.63) is 54.1 Å². The molecule has 0 saturated carbocycles. The van der Waals surface area contributed by atoms with E-state index in [1.165, 1.54) is 10.5 Å². The van der Waals surface area contributed by atoms with Crippen molar-refractivity contribution in [2.75, 3.05) is 11.2 Å². The molecule has 0 amide bonds. The van der Waals surface area contributed by atoms with Gasteiger partial charge in [-0.05, 0) is 49.7 Å². The molecule has 0 aliphatic carbocycles. The van der Waals surface area contributed by atoms with Crippen LogP contribution in [0.4, 0.5) is 5.69 Å². The normalized spacial score (nSPS) is 28.0. The van der Waals surface area contributed by atoms with Gasteiger partial charge >= 0.3 is 0 Å². The zero-order chi connectivity index (χ0) is 16.9. The predicted molar refractivity (Wildman–Crippen MR) is 104 cm³/mol. The van der Waals surface area contributed by atoms with E-state index in [0.29, 0.717) is 5.11 Å². The van der Waals surface area contributed by atoms with E-state index in [4.69, 9.17) is 17.0 Å². The van der Waals surface area contributed by atoms with Crippen LogP contribution < -0.4 is 15.0 Å². The van der Waals surface area contributed by atoms with Crippen LogP contribution in [0.3, 0.4) is 0 Å². The van der Waals surface area contributed by atoms with Gasteiger partial charge in [0.05, 0.1) is 6.04 Å². The highest BCUT2D eigenvalue weighted by Gasteiger charge is 2.53. The Labute approximate surface area is 152 Å². The number of fused-ring (bicyclic) bond motifs is 4. The number of ether oxygens (including phenoxy) is 1. The standard InChI is InChI=1S/C19H20N2OS2/c1-12-17-15-9-4-5-10-16(15)22-19(12,2)21(18(23)20-17)13-7-6-8-14(11-13)24-3/h4-12,17H,1-3H3,(H,20,23). The fourth-order valence-corrected chi connectivity index (χ4v) is 4.57. The molecule has 2 aliphatic heterocycles. The first kappa shape index (κ1) is 15.8. The largest absolute Gasteiger partial charge is 0.467 e. The molecule has 2 aromatic carbocycles. The molecular weight excluding hydrogens is 336 g/mol. The Balaban J connectivity index is 1.84. The molecule has 124 valence electrons. The highest BCUT2D eigenvalue weighted by Crippen LogP contribution is 2.49. The first-order valence-corrected chi connectivity index (χ1v) is 9.70. The van der Waals surface area contributed by atoms with Crippen LogP contribution in [-0.4, -0.2) is 17.1 Å². The van der Waals surface area contributed by atoms with Crippen molar-refractivity contribution >= 4 is 34.8 Å². The molecule has 1 fully saturated rings. The van der Waals surface area contributed by atoms with E-state index < -0.39 is 5.72 Å². The van der Waals surface area contributed by atoms with Crippen LogP contribution >= 0.6 is 24.0 Å². The van der Waals surface area contributed by atoms with Gasteiger partial charge in [-0.25, -0.2) is 0 Å². The molecule has 0 radical (unpaired) electrons. The smallest absolute Gasteiger partial charge is 0.190 e. The number of thioether (sulfide) groups is 1. The molecule has 1 N–H and O–H groups in total. The summed E-state index contributed by atoms with van der Waals surface area (Å²) in [4.78, 5) is 3.34. The molecule has 24 heavy (non-hydrogen) atoms. The summed E-state index contributed by atoms with van der Waals surface area (Å²) in [6.07, 6.45) is 2.08. The van der Waals surface area contributed by atoms with E-state index >= 15 is 0 Å². The third-order valence-corrected chi connectivity index (χ3v) is 6.18. The first-order valence-electron chi connectivity index (χ1n) is 8.07. The lowest BCUT2D eigenvalue weighted by Crippen LogP contribution is -2.69. The predicted octanol–water partition coefficient (Wildman–Crippen LogP) is 4.59. The summed E-state index contributed by atoms with van der Waals surface area (Å²) in [5.74, 6) is 1.18. The molecule has 2 aromatic rings. The van der Waals surface area contributed by atoms with Gasteiger partial charge < -0.3 is 10.1 Å². The molecule has 0 aromatic heterocycles. The number of hydrogen-bond donors (Lipinski definition) is 1. The van der Waals surface area contributed by atoms with Crippen molar-refractivity contribution in [3.8, 4) is 5.75 Å². The van der Waals surface area contributed by atoms with E-state index in [9.17, 15) is 0 Å². The van der Waals surface area contributed by atoms with Gasteiger partial charge in [-0.3, -0.25) is 4.90 Å². The molecular formula is C19H20N2OS2. The van der Waals surface area contributed by atoms with Crippen molar-refractivity contribution in [2.24, 2.45) is 5.92 Å². The fraction of sp³-hybridized carbons (Fsp3) is 0.316. The van der Waals surface area contributed by atoms with Crippen LogP contribution in [0.15, 0.2) is 53.4 Å². The number of anilines is 1. The van der Waals surface area contributed by atoms with Crippen molar-refractivity contribution < 1.29 is 4.74 Å². The SMILES string of the molecule is CSc1cccc(N2C(=S)NC3c4ccccc4OC2(C)C3C)c1. The Kier molecular flexibility index (Phi) is 3.73. The van der Waals surface area contributed by atoms with Gasteiger partial charge in [0.1, 0.15) is 5.75 Å². The van der Waals surface area contributed by atoms with E-state index in [1.807, 2.05) is 12.1 Å². The molecule has 3 unspecified atom stereocenters. The highest BCUT2D eigenvalue weighted by molar-refractivity contribution is 7.98. The number of rotatable bonds is 2. The van der Waals surface area contributed by atoms with Gasteiger partial charge in [0.15, 0.2) is 10.8 Å². The monoisotopic (exact) mass is 356 g/mol. The van der Waals surface area contributed by atoms with Gasteiger partial charge in [0, 0.05) is 22.1 Å². The molecule has 5 heteroatoms. The lowest BCUT2D eigenvalue weighted by molar-refractivity contribution is -0.00318. The van der Waals surface area contributed by atoms with Crippen molar-refractivity contribution in [1.29, 1.82) is 0 Å². The number of hydrogen-bond acceptors (Lipinski definition) is 3. The highest BCUT2D eigenvalue weighted by atomic mass is 32.2. The van der Waals surface area contributed by atoms with Crippen molar-refractivity contribution in [1.82, 2.24) is 5.32 Å². The van der Waals surface area contributed by atoms with Gasteiger partial charge in [-0.15, -0.1) is 11.8 Å². The summed E-state index contributed by atoms with van der Waals surface area (Å²) >= 11 is 7.45. The van der Waals surface area contributed by atoms with E-state index in [2.05, 4.69) is 66.7 Å². The number of nitrogens with zero attached hydrogens (tertiary/aromatic N) is 1. The zero-order valence-electron chi connectivity index (χ0n) is 13.9. The molecule has 1 saturated heterocycles. The molecule has 3 nitrogen and oxygen atoms in total. The number of benzene rings is 2. The van der Waals surface area contributed by atoms with Crippen molar-refractivity contribution in [2.45, 2.75) is 30.5 Å². The van der Waals surface area contributed by atoms with E-state index in [0.717, 1.165) is 11.4 Å². The summed E-state index contributed by atoms with van der Waals surface area (Å²) in [6.45, 7) is 4.36. The molecule has 4 rings (SSSR count). The van der Waals surface area contributed by atoms with Crippen LogP contribution in [0.2, 0.25) is 0 Å². The second-order valence-electron chi connectivity index (χ2n) is 6.45. The lowest BCUT2D eigenvalue weighted by Gasteiger charge is -2.56. The number of para-hydroxylation sites is 1. The van der Waals surface area contributed by atoms with Gasteiger partial charge in [0.25, 0.3) is 0 Å². The topological polar surface area (TPSA) is 24.5 Å². The Morgan fingerprint density at radius 2 is 2.00 bits per heavy atom. The van der Waals surface area contributed by atoms with E-state index in [1.54, 1.807) is 11.8 Å². The average Bonchev–Trinajstić information content (AvgIpc) is 2.58. The lowest BCUT2D eigenvalue weighted by atomic mass is 9.81. The summed E-state index contributed by atoms with van der Waals surface area (Å²) in [5, 5.41) is 4.25. The second kappa shape index (κ2) is 5.67. The van der Waals surface area contributed by atoms with Crippen LogP contribution in [0.25, 0.3) is 0 Å². The van der Waals surface area contributed by atoms with Crippen LogP contribution in [0.5, 0.6) is 5.75 Å². The third kappa shape index (κ3) is 2.22. The molecule has 0 spiro atoms. The molecule has 2 aliphatic rings. The Morgan fingerprint density at radius 1 is 1.21 bits per heavy atom. The minimum Gasteiger partial charge on any atom is -0.467 e. The van der Waals surface area contributed by atoms with Crippen LogP contribution in [0.1, 0.15) is 25.5 Å². The first-order chi connectivity index (χ1) is 11.5. The Hall–Kier alpha value is -1.72. The Morgan fingerprint density at radius 3 is 2.79 bits per heavy atom. The zero-order valence-corrected chi connectivity index (χ0v) is 15.6. The molecule has 2 heterocycles. The van der Waals surface area contributed by atoms with Crippen LogP contribution in [-0.2, 0) is 0 Å². The summed E-state index contributed by atoms with van der Waals surface area (Å²) < 4.78 is 6.51. The van der Waals surface area contributed by atoms with Gasteiger partial charge in [-0.1, -0.05) is 31.2 Å². The second-order valence-corrected chi connectivity index (χ2v) is 7.71. The van der Waals surface area contributed by atoms with Crippen LogP contribution in [0, 0.1) is 5.92 Å². The fourth-order valence-electron chi connectivity index (χ4n) is 3.70. The van der Waals surface area contributed by atoms with Gasteiger partial charge in [-0.2, -0.15) is 0 Å². The van der Waals surface area contributed by atoms with Gasteiger partial charge in [0.2, 0.25) is 0 Å². The quantitative estimate of drug-likeness (QED) is 0.627. The number of nitrogens with one attached hydrogen (secondary N) is 1. The summed E-state index contributed by atoms with van der Waals surface area (Å²) in [5.41, 5.74) is 1.73. The minimum atomic E-state index is -0.515. The minimum absolute atomic E-state index is 0.174. The third-order valence-electron chi connectivity index (χ3n) is 5.15. The maximum atomic E-state index is 6.51. The maximum Gasteiger partial charge on any atom is 0.190 e. The Bertz CT molecular complexity index is 809. The number of thiocarbonyl (C=S) groups is 1. The maximum absolute atomic E-state index is 6.51. The van der Waals surface area contributed by atoms with E-state index in [-0.39, 0.29) is 12.0 Å². The molecule has 2 bridgehead atoms. The average molecular weight is 357 g/mol.